The number of carbonyl (C=O) groups is 1. The maximum atomic E-state index is 12.9. The number of ether oxygens (including phenoxy) is 1. The van der Waals surface area contributed by atoms with Gasteiger partial charge in [-0.3, -0.25) is 9.10 Å². The van der Waals surface area contributed by atoms with Crippen molar-refractivity contribution in [3.05, 3.63) is 53.1 Å². The van der Waals surface area contributed by atoms with Gasteiger partial charge < -0.3 is 10.1 Å². The Balaban J connectivity index is 2.39. The zero-order valence-corrected chi connectivity index (χ0v) is 17.3. The molecule has 6 nitrogen and oxygen atoms in total. The van der Waals surface area contributed by atoms with Crippen molar-refractivity contribution in [2.45, 2.75) is 26.3 Å². The number of sulfonamides is 1. The van der Waals surface area contributed by atoms with Crippen molar-refractivity contribution in [1.82, 2.24) is 0 Å². The van der Waals surface area contributed by atoms with Crippen molar-refractivity contribution in [3.8, 4) is 5.75 Å². The highest BCUT2D eigenvalue weighted by atomic mass is 35.5. The zero-order valence-electron chi connectivity index (χ0n) is 15.7. The summed E-state index contributed by atoms with van der Waals surface area (Å²) >= 11 is 6.06. The third kappa shape index (κ3) is 5.14. The molecule has 1 atom stereocenters. The zero-order chi connectivity index (χ0) is 20.2. The summed E-state index contributed by atoms with van der Waals surface area (Å²) in [6, 6.07) is 10.9. The third-order valence-electron chi connectivity index (χ3n) is 4.10. The molecule has 0 aliphatic rings. The molecule has 0 aliphatic heterocycles. The molecule has 0 fully saturated rings. The molecule has 0 unspecified atom stereocenters. The second-order valence-corrected chi connectivity index (χ2v) is 8.43. The molecule has 0 aliphatic carbocycles. The number of carbonyl (C=O) groups excluding carboxylic acids is 1. The van der Waals surface area contributed by atoms with Gasteiger partial charge in [0.15, 0.2) is 0 Å². The number of anilines is 2. The van der Waals surface area contributed by atoms with Crippen LogP contribution in [0, 0.1) is 6.92 Å². The average Bonchev–Trinajstić information content (AvgIpc) is 2.61. The van der Waals surface area contributed by atoms with Gasteiger partial charge in [-0.15, -0.1) is 0 Å². The summed E-state index contributed by atoms with van der Waals surface area (Å²) in [4.78, 5) is 12.9. The van der Waals surface area contributed by atoms with Crippen molar-refractivity contribution >= 4 is 38.9 Å². The van der Waals surface area contributed by atoms with Crippen LogP contribution in [0.1, 0.15) is 18.9 Å². The maximum absolute atomic E-state index is 12.9. The van der Waals surface area contributed by atoms with E-state index in [1.54, 1.807) is 63.4 Å². The molecule has 0 spiro atoms. The summed E-state index contributed by atoms with van der Waals surface area (Å²) in [5, 5.41) is 3.16. The van der Waals surface area contributed by atoms with E-state index in [0.29, 0.717) is 34.1 Å². The van der Waals surface area contributed by atoms with Crippen molar-refractivity contribution < 1.29 is 17.9 Å². The van der Waals surface area contributed by atoms with Gasteiger partial charge in [-0.05, 0) is 55.3 Å². The highest BCUT2D eigenvalue weighted by Gasteiger charge is 2.32. The molecule has 1 amide bonds. The highest BCUT2D eigenvalue weighted by molar-refractivity contribution is 7.92. The number of methoxy groups -OCH3 is 1. The van der Waals surface area contributed by atoms with Gasteiger partial charge in [0.2, 0.25) is 15.9 Å². The number of nitrogens with one attached hydrogen (secondary N) is 1. The van der Waals surface area contributed by atoms with E-state index in [0.717, 1.165) is 10.6 Å². The monoisotopic (exact) mass is 410 g/mol. The maximum Gasteiger partial charge on any atom is 0.248 e. The largest absolute Gasteiger partial charge is 0.497 e. The van der Waals surface area contributed by atoms with Gasteiger partial charge in [0.05, 0.1) is 19.1 Å². The number of nitrogens with zero attached hydrogens (tertiary/aromatic N) is 1. The van der Waals surface area contributed by atoms with Crippen molar-refractivity contribution in [3.63, 3.8) is 0 Å². The smallest absolute Gasteiger partial charge is 0.248 e. The van der Waals surface area contributed by atoms with E-state index in [1.807, 2.05) is 0 Å². The summed E-state index contributed by atoms with van der Waals surface area (Å²) in [7, 11) is -2.17. The Kier molecular flexibility index (Phi) is 6.73. The molecule has 0 aromatic heterocycles. The number of amides is 1. The topological polar surface area (TPSA) is 75.7 Å². The minimum absolute atomic E-state index is 0.293. The van der Waals surface area contributed by atoms with E-state index in [9.17, 15) is 13.2 Å². The lowest BCUT2D eigenvalue weighted by atomic mass is 10.1. The van der Waals surface area contributed by atoms with E-state index in [2.05, 4.69) is 5.32 Å². The second-order valence-electron chi connectivity index (χ2n) is 6.13. The van der Waals surface area contributed by atoms with Crippen LogP contribution in [-0.2, 0) is 14.8 Å². The van der Waals surface area contributed by atoms with Gasteiger partial charge in [0.1, 0.15) is 11.8 Å². The highest BCUT2D eigenvalue weighted by Crippen LogP contribution is 2.29. The van der Waals surface area contributed by atoms with Crippen LogP contribution >= 0.6 is 11.6 Å². The van der Waals surface area contributed by atoms with Gasteiger partial charge in [-0.2, -0.15) is 0 Å². The number of hydrogen-bond donors (Lipinski definition) is 1. The molecule has 27 heavy (non-hydrogen) atoms. The lowest BCUT2D eigenvalue weighted by Gasteiger charge is -2.31. The average molecular weight is 411 g/mol. The van der Waals surface area contributed by atoms with Crippen LogP contribution in [-0.4, -0.2) is 33.7 Å². The number of hydrogen-bond acceptors (Lipinski definition) is 4. The van der Waals surface area contributed by atoms with Crippen molar-refractivity contribution in [2.75, 3.05) is 23.0 Å². The van der Waals surface area contributed by atoms with Crippen molar-refractivity contribution in [2.24, 2.45) is 0 Å². The summed E-state index contributed by atoms with van der Waals surface area (Å²) in [6.07, 6.45) is 1.37. The summed E-state index contributed by atoms with van der Waals surface area (Å²) in [5.41, 5.74) is 1.65. The van der Waals surface area contributed by atoms with Crippen molar-refractivity contribution in [1.29, 1.82) is 0 Å². The van der Waals surface area contributed by atoms with Crippen LogP contribution in [0.5, 0.6) is 5.75 Å². The first-order chi connectivity index (χ1) is 12.7. The van der Waals surface area contributed by atoms with Gasteiger partial charge in [-0.1, -0.05) is 24.6 Å². The fourth-order valence-corrected chi connectivity index (χ4v) is 4.18. The van der Waals surface area contributed by atoms with E-state index >= 15 is 0 Å². The number of benzene rings is 2. The Morgan fingerprint density at radius 2 is 1.85 bits per heavy atom. The lowest BCUT2D eigenvalue weighted by Crippen LogP contribution is -2.47. The normalized spacial score (nSPS) is 12.3. The Labute approximate surface area is 165 Å². The van der Waals surface area contributed by atoms with Gasteiger partial charge in [-0.25, -0.2) is 8.42 Å². The minimum Gasteiger partial charge on any atom is -0.497 e. The Morgan fingerprint density at radius 3 is 2.37 bits per heavy atom. The molecule has 2 aromatic rings. The minimum atomic E-state index is -3.72. The molecule has 2 rings (SSSR count). The van der Waals surface area contributed by atoms with Crippen LogP contribution in [0.2, 0.25) is 5.02 Å². The lowest BCUT2D eigenvalue weighted by molar-refractivity contribution is -0.117. The quantitative estimate of drug-likeness (QED) is 0.752. The van der Waals surface area contributed by atoms with Gasteiger partial charge >= 0.3 is 0 Å². The molecule has 0 saturated carbocycles. The second kappa shape index (κ2) is 8.63. The van der Waals surface area contributed by atoms with E-state index < -0.39 is 22.0 Å². The standard InChI is InChI=1S/C19H23ClN2O4S/c1-5-17(19(23)21-15-8-10-16(26-3)11-9-15)22(27(4,24)25)18-12-14(20)7-6-13(18)2/h6-12,17H,5H2,1-4H3,(H,21,23)/t17-/m1/s1. The van der Waals surface area contributed by atoms with Crippen LogP contribution in [0.3, 0.4) is 0 Å². The SMILES string of the molecule is CC[C@H](C(=O)Nc1ccc(OC)cc1)N(c1cc(Cl)ccc1C)S(C)(=O)=O. The molecule has 0 radical (unpaired) electrons. The molecule has 8 heteroatoms. The first-order valence-electron chi connectivity index (χ1n) is 8.37. The molecule has 2 aromatic carbocycles. The molecule has 0 saturated heterocycles. The van der Waals surface area contributed by atoms with Crippen LogP contribution in [0.4, 0.5) is 11.4 Å². The van der Waals surface area contributed by atoms with E-state index in [1.165, 1.54) is 0 Å². The van der Waals surface area contributed by atoms with E-state index in [4.69, 9.17) is 16.3 Å². The summed E-state index contributed by atoms with van der Waals surface area (Å²) in [6.45, 7) is 3.54. The number of rotatable bonds is 7. The third-order valence-corrected chi connectivity index (χ3v) is 5.50. The molecule has 0 heterocycles. The first kappa shape index (κ1) is 21.1. The molecule has 0 bridgehead atoms. The van der Waals surface area contributed by atoms with Crippen LogP contribution < -0.4 is 14.4 Å². The number of halogens is 1. The van der Waals surface area contributed by atoms with Crippen LogP contribution in [0.15, 0.2) is 42.5 Å². The molecular weight excluding hydrogens is 388 g/mol. The Hall–Kier alpha value is -2.25. The van der Waals surface area contributed by atoms with E-state index in [-0.39, 0.29) is 0 Å². The Bertz CT molecular complexity index is 914. The summed E-state index contributed by atoms with van der Waals surface area (Å²) < 4.78 is 31.3. The molecule has 146 valence electrons. The summed E-state index contributed by atoms with van der Waals surface area (Å²) in [5.74, 6) is 0.236. The fraction of sp³-hybridized carbons (Fsp3) is 0.316. The number of aryl methyl sites for hydroxylation is 1. The molecular formula is C19H23ClN2O4S. The predicted octanol–water partition coefficient (Wildman–Crippen LogP) is 3.84. The fourth-order valence-electron chi connectivity index (χ4n) is 2.76. The van der Waals surface area contributed by atoms with Gasteiger partial charge in [0.25, 0.3) is 0 Å². The Morgan fingerprint density at radius 1 is 1.22 bits per heavy atom. The molecule has 1 N–H and O–H groups in total. The first-order valence-corrected chi connectivity index (χ1v) is 10.6. The van der Waals surface area contributed by atoms with Crippen LogP contribution in [0.25, 0.3) is 0 Å². The van der Waals surface area contributed by atoms with Gasteiger partial charge in [0, 0.05) is 10.7 Å². The predicted molar refractivity (Wildman–Crippen MR) is 109 cm³/mol.